The molecule has 0 aliphatic carbocycles. The van der Waals surface area contributed by atoms with Crippen LogP contribution in [-0.4, -0.2) is 21.6 Å². The SMILES string of the molecule is OC1=C2Nc3cc(Cl)ccc3CC2=CN(CC#Cc2ccc(Cl)nc2)N1. The Labute approximate surface area is 160 Å². The number of nitrogens with one attached hydrogen (secondary N) is 2. The first-order chi connectivity index (χ1) is 12.6. The van der Waals surface area contributed by atoms with E-state index in [0.29, 0.717) is 28.8 Å². The number of anilines is 1. The fourth-order valence-corrected chi connectivity index (χ4v) is 3.11. The Kier molecular flexibility index (Phi) is 4.37. The summed E-state index contributed by atoms with van der Waals surface area (Å²) in [5.41, 5.74) is 7.36. The van der Waals surface area contributed by atoms with E-state index in [1.54, 1.807) is 17.3 Å². The van der Waals surface area contributed by atoms with Crippen molar-refractivity contribution in [2.24, 2.45) is 0 Å². The third-order valence-electron chi connectivity index (χ3n) is 4.04. The van der Waals surface area contributed by atoms with Gasteiger partial charge in [-0.25, -0.2) is 4.98 Å². The number of rotatable bonds is 1. The highest BCUT2D eigenvalue weighted by atomic mass is 35.5. The van der Waals surface area contributed by atoms with Crippen molar-refractivity contribution < 1.29 is 5.11 Å². The third-order valence-corrected chi connectivity index (χ3v) is 4.50. The summed E-state index contributed by atoms with van der Waals surface area (Å²) in [7, 11) is 0. The van der Waals surface area contributed by atoms with E-state index in [1.165, 1.54) is 0 Å². The molecule has 130 valence electrons. The Morgan fingerprint density at radius 1 is 1.23 bits per heavy atom. The van der Waals surface area contributed by atoms with E-state index in [0.717, 1.165) is 22.4 Å². The van der Waals surface area contributed by atoms with E-state index >= 15 is 0 Å². The molecule has 3 N–H and O–H groups in total. The number of aromatic nitrogens is 1. The molecule has 5 nitrogen and oxygen atoms in total. The number of hydrogen-bond acceptors (Lipinski definition) is 5. The molecule has 0 atom stereocenters. The number of benzene rings is 1. The van der Waals surface area contributed by atoms with Crippen LogP contribution in [0.3, 0.4) is 0 Å². The van der Waals surface area contributed by atoms with Crippen LogP contribution in [0.2, 0.25) is 10.2 Å². The first-order valence-electron chi connectivity index (χ1n) is 7.92. The number of nitrogens with zero attached hydrogens (tertiary/aromatic N) is 2. The van der Waals surface area contributed by atoms with Gasteiger partial charge >= 0.3 is 0 Å². The maximum Gasteiger partial charge on any atom is 0.228 e. The topological polar surface area (TPSA) is 60.4 Å². The zero-order valence-electron chi connectivity index (χ0n) is 13.6. The minimum absolute atomic E-state index is 0.0584. The van der Waals surface area contributed by atoms with Gasteiger partial charge in [0.15, 0.2) is 0 Å². The van der Waals surface area contributed by atoms with Crippen LogP contribution in [0.1, 0.15) is 11.1 Å². The van der Waals surface area contributed by atoms with Gasteiger partial charge in [-0.2, -0.15) is 0 Å². The number of aliphatic hydroxyl groups is 1. The summed E-state index contributed by atoms with van der Waals surface area (Å²) in [4.78, 5) is 3.99. The van der Waals surface area contributed by atoms with Crippen molar-refractivity contribution in [3.05, 3.63) is 81.2 Å². The number of aliphatic hydroxyl groups excluding tert-OH is 1. The monoisotopic (exact) mass is 384 g/mol. The van der Waals surface area contributed by atoms with Crippen molar-refractivity contribution >= 4 is 28.9 Å². The number of hydrazine groups is 1. The molecule has 0 saturated heterocycles. The second kappa shape index (κ2) is 6.83. The highest BCUT2D eigenvalue weighted by Crippen LogP contribution is 2.34. The summed E-state index contributed by atoms with van der Waals surface area (Å²) in [6.07, 6.45) is 4.26. The van der Waals surface area contributed by atoms with Crippen molar-refractivity contribution in [1.82, 2.24) is 15.4 Å². The number of hydrogen-bond donors (Lipinski definition) is 3. The van der Waals surface area contributed by atoms with E-state index in [4.69, 9.17) is 23.2 Å². The van der Waals surface area contributed by atoms with Crippen molar-refractivity contribution in [1.29, 1.82) is 0 Å². The lowest BCUT2D eigenvalue weighted by atomic mass is 9.96. The van der Waals surface area contributed by atoms with Crippen molar-refractivity contribution in [3.8, 4) is 11.8 Å². The van der Waals surface area contributed by atoms with Gasteiger partial charge in [0, 0.05) is 40.7 Å². The molecule has 26 heavy (non-hydrogen) atoms. The predicted molar refractivity (Wildman–Crippen MR) is 102 cm³/mol. The zero-order valence-corrected chi connectivity index (χ0v) is 15.1. The Bertz CT molecular complexity index is 987. The molecular formula is C19H14Cl2N4O. The smallest absolute Gasteiger partial charge is 0.228 e. The van der Waals surface area contributed by atoms with E-state index in [1.807, 2.05) is 30.5 Å². The normalized spacial score (nSPS) is 15.0. The summed E-state index contributed by atoms with van der Waals surface area (Å²) < 4.78 is 0. The maximum absolute atomic E-state index is 10.3. The van der Waals surface area contributed by atoms with Crippen LogP contribution < -0.4 is 10.7 Å². The van der Waals surface area contributed by atoms with Crippen LogP contribution in [0.4, 0.5) is 5.69 Å². The molecule has 1 aromatic heterocycles. The molecular weight excluding hydrogens is 371 g/mol. The van der Waals surface area contributed by atoms with Gasteiger partial charge in [-0.1, -0.05) is 41.1 Å². The lowest BCUT2D eigenvalue weighted by Crippen LogP contribution is -2.39. The molecule has 0 amide bonds. The van der Waals surface area contributed by atoms with Gasteiger partial charge in [0.25, 0.3) is 0 Å². The summed E-state index contributed by atoms with van der Waals surface area (Å²) in [6.45, 7) is 0.400. The summed E-state index contributed by atoms with van der Waals surface area (Å²) in [6, 6.07) is 9.21. The van der Waals surface area contributed by atoms with Gasteiger partial charge in [-0.05, 0) is 29.8 Å². The number of fused-ring (bicyclic) bond motifs is 2. The highest BCUT2D eigenvalue weighted by molar-refractivity contribution is 6.31. The minimum atomic E-state index is 0.0584. The van der Waals surface area contributed by atoms with Crippen LogP contribution in [0.25, 0.3) is 0 Å². The first-order valence-corrected chi connectivity index (χ1v) is 8.67. The molecule has 2 aliphatic heterocycles. The van der Waals surface area contributed by atoms with Gasteiger partial charge in [0.2, 0.25) is 5.88 Å². The second-order valence-corrected chi connectivity index (χ2v) is 6.72. The third kappa shape index (κ3) is 3.43. The van der Waals surface area contributed by atoms with Gasteiger partial charge < -0.3 is 10.4 Å². The van der Waals surface area contributed by atoms with E-state index in [2.05, 4.69) is 27.6 Å². The van der Waals surface area contributed by atoms with Gasteiger partial charge in [-0.15, -0.1) is 0 Å². The Balaban J connectivity index is 1.51. The van der Waals surface area contributed by atoms with Crippen LogP contribution in [-0.2, 0) is 6.42 Å². The standard InChI is InChI=1S/C19H14Cl2N4O/c20-15-5-4-13-8-14-11-25(24-19(26)18(14)23-16(13)9-15)7-1-2-12-3-6-17(21)22-10-12/h3-6,9-11,23-24,26H,7-8H2. The Morgan fingerprint density at radius 2 is 2.12 bits per heavy atom. The molecule has 7 heteroatoms. The van der Waals surface area contributed by atoms with E-state index in [-0.39, 0.29) is 5.88 Å². The maximum atomic E-state index is 10.3. The molecule has 2 aliphatic rings. The number of allylic oxidation sites excluding steroid dienone is 1. The van der Waals surface area contributed by atoms with E-state index in [9.17, 15) is 5.11 Å². The van der Waals surface area contributed by atoms with Crippen LogP contribution in [0.15, 0.2) is 59.9 Å². The average Bonchev–Trinajstić information content (AvgIpc) is 2.62. The average molecular weight is 385 g/mol. The van der Waals surface area contributed by atoms with Gasteiger partial charge in [-0.3, -0.25) is 10.4 Å². The minimum Gasteiger partial charge on any atom is -0.492 e. The largest absolute Gasteiger partial charge is 0.492 e. The lowest BCUT2D eigenvalue weighted by Gasteiger charge is -2.32. The fraction of sp³-hybridized carbons (Fsp3) is 0.105. The molecule has 2 aromatic rings. The molecule has 1 aromatic carbocycles. The molecule has 0 radical (unpaired) electrons. The lowest BCUT2D eigenvalue weighted by molar-refractivity contribution is 0.229. The van der Waals surface area contributed by atoms with Crippen molar-refractivity contribution in [2.75, 3.05) is 11.9 Å². The Morgan fingerprint density at radius 3 is 2.92 bits per heavy atom. The number of pyridine rings is 1. The zero-order chi connectivity index (χ0) is 18.1. The van der Waals surface area contributed by atoms with Crippen LogP contribution in [0, 0.1) is 11.8 Å². The second-order valence-electron chi connectivity index (χ2n) is 5.89. The molecule has 0 saturated carbocycles. The van der Waals surface area contributed by atoms with Crippen LogP contribution in [0.5, 0.6) is 0 Å². The summed E-state index contributed by atoms with van der Waals surface area (Å²) in [5, 5.41) is 16.4. The van der Waals surface area contributed by atoms with Crippen molar-refractivity contribution in [3.63, 3.8) is 0 Å². The van der Waals surface area contributed by atoms with Crippen molar-refractivity contribution in [2.45, 2.75) is 6.42 Å². The van der Waals surface area contributed by atoms with Gasteiger partial charge in [0.1, 0.15) is 10.9 Å². The fourth-order valence-electron chi connectivity index (χ4n) is 2.82. The van der Waals surface area contributed by atoms with Crippen LogP contribution >= 0.6 is 23.2 Å². The summed E-state index contributed by atoms with van der Waals surface area (Å²) >= 11 is 11.8. The quantitative estimate of drug-likeness (QED) is 0.515. The summed E-state index contributed by atoms with van der Waals surface area (Å²) in [5.74, 6) is 6.12. The molecule has 4 rings (SSSR count). The predicted octanol–water partition coefficient (Wildman–Crippen LogP) is 3.84. The highest BCUT2D eigenvalue weighted by Gasteiger charge is 2.25. The molecule has 0 bridgehead atoms. The molecule has 0 unspecified atom stereocenters. The molecule has 0 fully saturated rings. The Hall–Kier alpha value is -2.81. The van der Waals surface area contributed by atoms with Gasteiger partial charge in [0.05, 0.1) is 6.54 Å². The first kappa shape index (κ1) is 16.6. The number of halogens is 2. The van der Waals surface area contributed by atoms with E-state index < -0.39 is 0 Å². The molecule has 0 spiro atoms. The molecule has 3 heterocycles.